The number of ether oxygens (including phenoxy) is 1. The summed E-state index contributed by atoms with van der Waals surface area (Å²) in [5.41, 5.74) is 2.16. The first-order valence-electron chi connectivity index (χ1n) is 8.35. The predicted molar refractivity (Wildman–Crippen MR) is 95.4 cm³/mol. The van der Waals surface area contributed by atoms with Crippen molar-refractivity contribution in [1.82, 2.24) is 15.2 Å². The van der Waals surface area contributed by atoms with E-state index in [-0.39, 0.29) is 12.1 Å². The number of hydrogen-bond donors (Lipinski definition) is 1. The number of nitrogens with one attached hydrogen (secondary N) is 1. The van der Waals surface area contributed by atoms with Crippen LogP contribution in [0.25, 0.3) is 0 Å². The lowest BCUT2D eigenvalue weighted by atomic mass is 10.0. The maximum absolute atomic E-state index is 12.5. The van der Waals surface area contributed by atoms with Crippen molar-refractivity contribution in [3.8, 4) is 5.75 Å². The number of aryl methyl sites for hydroxylation is 1. The van der Waals surface area contributed by atoms with Crippen molar-refractivity contribution in [1.29, 1.82) is 0 Å². The lowest BCUT2D eigenvalue weighted by molar-refractivity contribution is 0.192. The molecule has 1 saturated heterocycles. The number of aromatic nitrogens is 1. The molecule has 2 aromatic rings. The van der Waals surface area contributed by atoms with Crippen molar-refractivity contribution in [2.24, 2.45) is 0 Å². The highest BCUT2D eigenvalue weighted by atomic mass is 32.1. The van der Waals surface area contributed by atoms with Gasteiger partial charge in [0.1, 0.15) is 10.8 Å². The van der Waals surface area contributed by atoms with Crippen LogP contribution >= 0.6 is 11.3 Å². The Morgan fingerprint density at radius 2 is 2.21 bits per heavy atom. The molecule has 0 spiro atoms. The van der Waals surface area contributed by atoms with Crippen LogP contribution < -0.4 is 10.1 Å². The minimum Gasteiger partial charge on any atom is -0.494 e. The highest BCUT2D eigenvalue weighted by molar-refractivity contribution is 7.09. The van der Waals surface area contributed by atoms with Crippen LogP contribution in [-0.4, -0.2) is 29.1 Å². The number of benzene rings is 1. The summed E-state index contributed by atoms with van der Waals surface area (Å²) in [5.74, 6) is 0.870. The second kappa shape index (κ2) is 7.66. The van der Waals surface area contributed by atoms with Crippen molar-refractivity contribution in [2.75, 3.05) is 13.2 Å². The molecule has 2 heterocycles. The first-order chi connectivity index (χ1) is 11.7. The van der Waals surface area contributed by atoms with Gasteiger partial charge < -0.3 is 15.0 Å². The fourth-order valence-corrected chi connectivity index (χ4v) is 3.76. The molecule has 5 nitrogen and oxygen atoms in total. The van der Waals surface area contributed by atoms with Crippen LogP contribution in [0.15, 0.2) is 29.6 Å². The van der Waals surface area contributed by atoms with E-state index < -0.39 is 0 Å². The standard InChI is InChI=1S/C18H23N3O2S/c1-3-23-15-8-6-14(7-9-15)16-5-4-10-21(16)18(22)19-11-17-20-13(2)12-24-17/h6-9,12,16H,3-5,10-11H2,1-2H3,(H,19,22)/t16-/m0/s1. The van der Waals surface area contributed by atoms with Crippen LogP contribution in [-0.2, 0) is 6.54 Å². The molecule has 1 fully saturated rings. The second-order valence-corrected chi connectivity index (χ2v) is 6.84. The summed E-state index contributed by atoms with van der Waals surface area (Å²) in [4.78, 5) is 18.9. The van der Waals surface area contributed by atoms with Crippen LogP contribution in [0.1, 0.15) is 42.1 Å². The molecule has 24 heavy (non-hydrogen) atoms. The summed E-state index contributed by atoms with van der Waals surface area (Å²) in [6, 6.07) is 8.20. The maximum Gasteiger partial charge on any atom is 0.318 e. The first-order valence-corrected chi connectivity index (χ1v) is 9.23. The monoisotopic (exact) mass is 345 g/mol. The summed E-state index contributed by atoms with van der Waals surface area (Å²) in [6.07, 6.45) is 2.03. The molecule has 1 atom stereocenters. The number of likely N-dealkylation sites (tertiary alicyclic amines) is 1. The summed E-state index contributed by atoms with van der Waals surface area (Å²) in [5, 5.41) is 5.94. The largest absolute Gasteiger partial charge is 0.494 e. The molecule has 2 amide bonds. The Morgan fingerprint density at radius 3 is 2.88 bits per heavy atom. The Morgan fingerprint density at radius 1 is 1.42 bits per heavy atom. The van der Waals surface area contributed by atoms with Gasteiger partial charge in [-0.3, -0.25) is 0 Å². The zero-order valence-electron chi connectivity index (χ0n) is 14.1. The molecule has 0 radical (unpaired) electrons. The molecule has 128 valence electrons. The summed E-state index contributed by atoms with van der Waals surface area (Å²) < 4.78 is 5.49. The molecular weight excluding hydrogens is 322 g/mol. The van der Waals surface area contributed by atoms with E-state index in [1.165, 1.54) is 0 Å². The Kier molecular flexibility index (Phi) is 5.35. The third-order valence-corrected chi connectivity index (χ3v) is 5.11. The van der Waals surface area contributed by atoms with Gasteiger partial charge in [-0.2, -0.15) is 0 Å². The van der Waals surface area contributed by atoms with E-state index in [1.54, 1.807) is 11.3 Å². The Bertz CT molecular complexity index is 684. The van der Waals surface area contributed by atoms with E-state index in [4.69, 9.17) is 4.74 Å². The Hall–Kier alpha value is -2.08. The van der Waals surface area contributed by atoms with Crippen LogP contribution in [0.4, 0.5) is 4.79 Å². The number of nitrogens with zero attached hydrogens (tertiary/aromatic N) is 2. The van der Waals surface area contributed by atoms with Gasteiger partial charge in [0.15, 0.2) is 0 Å². The number of carbonyl (C=O) groups excluding carboxylic acids is 1. The van der Waals surface area contributed by atoms with E-state index >= 15 is 0 Å². The zero-order chi connectivity index (χ0) is 16.9. The van der Waals surface area contributed by atoms with Crippen molar-refractivity contribution < 1.29 is 9.53 Å². The maximum atomic E-state index is 12.5. The minimum absolute atomic E-state index is 0.0146. The van der Waals surface area contributed by atoms with Crippen LogP contribution in [0.5, 0.6) is 5.75 Å². The Balaban J connectivity index is 1.62. The van der Waals surface area contributed by atoms with Gasteiger partial charge in [0.05, 0.1) is 19.2 Å². The first kappa shape index (κ1) is 16.8. The predicted octanol–water partition coefficient (Wildman–Crippen LogP) is 3.90. The molecule has 0 unspecified atom stereocenters. The van der Waals surface area contributed by atoms with E-state index in [1.807, 2.05) is 36.3 Å². The zero-order valence-corrected chi connectivity index (χ0v) is 14.9. The van der Waals surface area contributed by atoms with Crippen LogP contribution in [0.3, 0.4) is 0 Å². The molecule has 1 aromatic carbocycles. The fraction of sp³-hybridized carbons (Fsp3) is 0.444. The summed E-state index contributed by atoms with van der Waals surface area (Å²) in [7, 11) is 0. The smallest absolute Gasteiger partial charge is 0.318 e. The van der Waals surface area contributed by atoms with Gasteiger partial charge in [0, 0.05) is 17.6 Å². The van der Waals surface area contributed by atoms with Gasteiger partial charge >= 0.3 is 6.03 Å². The fourth-order valence-electron chi connectivity index (χ4n) is 3.05. The topological polar surface area (TPSA) is 54.5 Å². The van der Waals surface area contributed by atoms with Crippen LogP contribution in [0, 0.1) is 6.92 Å². The number of hydrogen-bond acceptors (Lipinski definition) is 4. The second-order valence-electron chi connectivity index (χ2n) is 5.89. The summed E-state index contributed by atoms with van der Waals surface area (Å²) in [6.45, 7) is 5.88. The average molecular weight is 345 g/mol. The molecule has 0 bridgehead atoms. The van der Waals surface area contributed by atoms with Crippen molar-refractivity contribution >= 4 is 17.4 Å². The number of rotatable bonds is 5. The van der Waals surface area contributed by atoms with Crippen molar-refractivity contribution in [2.45, 2.75) is 39.3 Å². The van der Waals surface area contributed by atoms with Gasteiger partial charge in [-0.15, -0.1) is 11.3 Å². The van der Waals surface area contributed by atoms with Gasteiger partial charge in [-0.05, 0) is 44.4 Å². The minimum atomic E-state index is -0.0146. The highest BCUT2D eigenvalue weighted by Crippen LogP contribution is 2.32. The van der Waals surface area contributed by atoms with E-state index in [0.29, 0.717) is 13.2 Å². The van der Waals surface area contributed by atoms with Gasteiger partial charge in [-0.1, -0.05) is 12.1 Å². The van der Waals surface area contributed by atoms with Crippen molar-refractivity contribution in [3.63, 3.8) is 0 Å². The van der Waals surface area contributed by atoms with E-state index in [2.05, 4.69) is 22.4 Å². The summed E-state index contributed by atoms with van der Waals surface area (Å²) >= 11 is 1.58. The van der Waals surface area contributed by atoms with E-state index in [0.717, 1.165) is 41.4 Å². The average Bonchev–Trinajstić information content (AvgIpc) is 3.23. The molecule has 6 heteroatoms. The number of amides is 2. The quantitative estimate of drug-likeness (QED) is 0.894. The molecule has 3 rings (SSSR count). The molecule has 0 aliphatic carbocycles. The number of urea groups is 1. The lowest BCUT2D eigenvalue weighted by Crippen LogP contribution is -2.39. The lowest BCUT2D eigenvalue weighted by Gasteiger charge is -2.25. The normalized spacial score (nSPS) is 17.1. The molecule has 1 N–H and O–H groups in total. The number of carbonyl (C=O) groups is 1. The van der Waals surface area contributed by atoms with E-state index in [9.17, 15) is 4.79 Å². The SMILES string of the molecule is CCOc1ccc([C@@H]2CCCN2C(=O)NCc2nc(C)cs2)cc1. The van der Waals surface area contributed by atoms with Gasteiger partial charge in [0.25, 0.3) is 0 Å². The molecule has 1 aliphatic rings. The van der Waals surface area contributed by atoms with Gasteiger partial charge in [0.2, 0.25) is 0 Å². The number of thiazole rings is 1. The van der Waals surface area contributed by atoms with Gasteiger partial charge in [-0.25, -0.2) is 9.78 Å². The molecule has 1 aromatic heterocycles. The molecular formula is C18H23N3O2S. The molecule has 0 saturated carbocycles. The third kappa shape index (κ3) is 3.87. The Labute approximate surface area is 146 Å². The highest BCUT2D eigenvalue weighted by Gasteiger charge is 2.29. The third-order valence-electron chi connectivity index (χ3n) is 4.15. The molecule has 1 aliphatic heterocycles. The van der Waals surface area contributed by atoms with Crippen molar-refractivity contribution in [3.05, 3.63) is 45.9 Å². The van der Waals surface area contributed by atoms with Crippen LogP contribution in [0.2, 0.25) is 0 Å².